The van der Waals surface area contributed by atoms with Crippen LogP contribution in [0.2, 0.25) is 0 Å². The minimum atomic E-state index is -0.728. The molecule has 0 bridgehead atoms. The zero-order chi connectivity index (χ0) is 18.2. The molecule has 0 saturated heterocycles. The molecule has 144 valence electrons. The summed E-state index contributed by atoms with van der Waals surface area (Å²) in [6.07, 6.45) is 0. The van der Waals surface area contributed by atoms with Crippen LogP contribution in [0.4, 0.5) is 8.78 Å². The highest BCUT2D eigenvalue weighted by Crippen LogP contribution is 2.17. The lowest BCUT2D eigenvalue weighted by molar-refractivity contribution is 0.304. The Bertz CT molecular complexity index is 723. The van der Waals surface area contributed by atoms with Crippen LogP contribution >= 0.6 is 24.0 Å². The second-order valence-corrected chi connectivity index (χ2v) is 5.65. The summed E-state index contributed by atoms with van der Waals surface area (Å²) >= 11 is 0. The van der Waals surface area contributed by atoms with E-state index >= 15 is 0 Å². The summed E-state index contributed by atoms with van der Waals surface area (Å²) in [5.74, 6) is 0.198. The van der Waals surface area contributed by atoms with Crippen LogP contribution in [0.1, 0.15) is 31.2 Å². The lowest BCUT2D eigenvalue weighted by Crippen LogP contribution is -2.38. The Balaban J connectivity index is 0.00000338. The fraction of sp³-hybridized carbons (Fsp3) is 0.412. The fourth-order valence-corrected chi connectivity index (χ4v) is 2.00. The van der Waals surface area contributed by atoms with E-state index in [1.807, 2.05) is 19.9 Å². The molecular formula is C17H23F2IN4O2. The molecule has 0 saturated carbocycles. The van der Waals surface area contributed by atoms with Crippen LogP contribution in [0, 0.1) is 11.6 Å². The minimum Gasteiger partial charge on any atom is -0.489 e. The first-order valence-corrected chi connectivity index (χ1v) is 7.97. The van der Waals surface area contributed by atoms with E-state index in [1.54, 1.807) is 7.05 Å². The number of ether oxygens (including phenoxy) is 1. The summed E-state index contributed by atoms with van der Waals surface area (Å²) in [6.45, 7) is 5.11. The van der Waals surface area contributed by atoms with Gasteiger partial charge < -0.3 is 19.9 Å². The van der Waals surface area contributed by atoms with Crippen LogP contribution in [0.25, 0.3) is 0 Å². The van der Waals surface area contributed by atoms with Gasteiger partial charge in [0.05, 0.1) is 18.8 Å². The van der Waals surface area contributed by atoms with Gasteiger partial charge in [-0.1, -0.05) is 19.0 Å². The molecule has 26 heavy (non-hydrogen) atoms. The lowest BCUT2D eigenvalue weighted by atomic mass is 10.1. The molecule has 0 aliphatic carbocycles. The van der Waals surface area contributed by atoms with Crippen molar-refractivity contribution < 1.29 is 18.0 Å². The monoisotopic (exact) mass is 480 g/mol. The number of hydrogen-bond donors (Lipinski definition) is 2. The normalized spacial score (nSPS) is 11.2. The standard InChI is InChI=1S/C17H22F2N4O2.HI/c1-11(2)15-9-13(25-23-15)10-22-17(20-3)21-6-7-24-16-5-4-12(18)8-14(16)19;/h4-5,8-9,11H,6-7,10H2,1-3H3,(H2,20,21,22);1H. The van der Waals surface area contributed by atoms with E-state index in [2.05, 4.69) is 20.8 Å². The van der Waals surface area contributed by atoms with E-state index in [4.69, 9.17) is 9.26 Å². The molecule has 0 aliphatic heterocycles. The van der Waals surface area contributed by atoms with Gasteiger partial charge in [-0.2, -0.15) is 0 Å². The summed E-state index contributed by atoms with van der Waals surface area (Å²) in [7, 11) is 1.63. The van der Waals surface area contributed by atoms with Gasteiger partial charge in [0.2, 0.25) is 0 Å². The Labute approximate surface area is 168 Å². The summed E-state index contributed by atoms with van der Waals surface area (Å²) in [6, 6.07) is 5.08. The van der Waals surface area contributed by atoms with Gasteiger partial charge in [0, 0.05) is 19.2 Å². The van der Waals surface area contributed by atoms with Gasteiger partial charge in [0.25, 0.3) is 0 Å². The molecule has 1 aromatic heterocycles. The Hall–Kier alpha value is -1.91. The van der Waals surface area contributed by atoms with Crippen molar-refractivity contribution in [2.24, 2.45) is 4.99 Å². The van der Waals surface area contributed by atoms with Gasteiger partial charge in [-0.15, -0.1) is 24.0 Å². The number of guanidine groups is 1. The SMILES string of the molecule is CN=C(NCCOc1ccc(F)cc1F)NCc1cc(C(C)C)no1.I. The first-order chi connectivity index (χ1) is 12.0. The zero-order valence-corrected chi connectivity index (χ0v) is 17.2. The van der Waals surface area contributed by atoms with Gasteiger partial charge in [0.1, 0.15) is 12.4 Å². The van der Waals surface area contributed by atoms with E-state index < -0.39 is 11.6 Å². The van der Waals surface area contributed by atoms with Crippen molar-refractivity contribution in [3.8, 4) is 5.75 Å². The molecule has 1 aromatic carbocycles. The molecule has 6 nitrogen and oxygen atoms in total. The number of aliphatic imine (C=N–C) groups is 1. The van der Waals surface area contributed by atoms with Crippen molar-refractivity contribution in [2.45, 2.75) is 26.3 Å². The first-order valence-electron chi connectivity index (χ1n) is 7.97. The maximum atomic E-state index is 13.4. The predicted octanol–water partition coefficient (Wildman–Crippen LogP) is 3.44. The summed E-state index contributed by atoms with van der Waals surface area (Å²) in [5, 5.41) is 10.1. The summed E-state index contributed by atoms with van der Waals surface area (Å²) < 4.78 is 36.7. The number of nitrogens with zero attached hydrogens (tertiary/aromatic N) is 2. The summed E-state index contributed by atoms with van der Waals surface area (Å²) in [5.41, 5.74) is 0.898. The van der Waals surface area contributed by atoms with E-state index in [-0.39, 0.29) is 36.3 Å². The van der Waals surface area contributed by atoms with Crippen molar-refractivity contribution in [2.75, 3.05) is 20.2 Å². The molecule has 2 aromatic rings. The molecule has 2 rings (SSSR count). The van der Waals surface area contributed by atoms with E-state index in [1.165, 1.54) is 6.07 Å². The number of rotatable bonds is 7. The second-order valence-electron chi connectivity index (χ2n) is 5.65. The Kier molecular flexibility index (Phi) is 9.31. The molecule has 0 amide bonds. The van der Waals surface area contributed by atoms with Crippen molar-refractivity contribution >= 4 is 29.9 Å². The molecule has 0 fully saturated rings. The van der Waals surface area contributed by atoms with Gasteiger partial charge >= 0.3 is 0 Å². The number of benzene rings is 1. The third kappa shape index (κ3) is 6.77. The topological polar surface area (TPSA) is 71.7 Å². The minimum absolute atomic E-state index is 0. The van der Waals surface area contributed by atoms with Gasteiger partial charge in [0.15, 0.2) is 23.3 Å². The predicted molar refractivity (Wildman–Crippen MR) is 106 cm³/mol. The number of aromatic nitrogens is 1. The molecular weight excluding hydrogens is 457 g/mol. The largest absolute Gasteiger partial charge is 0.489 e. The van der Waals surface area contributed by atoms with Crippen LogP contribution in [0.5, 0.6) is 5.75 Å². The van der Waals surface area contributed by atoms with Crippen LogP contribution in [-0.4, -0.2) is 31.3 Å². The molecule has 1 heterocycles. The van der Waals surface area contributed by atoms with E-state index in [9.17, 15) is 8.78 Å². The Morgan fingerprint density at radius 2 is 2.04 bits per heavy atom. The first kappa shape index (κ1) is 22.1. The maximum Gasteiger partial charge on any atom is 0.191 e. The highest BCUT2D eigenvalue weighted by Gasteiger charge is 2.08. The molecule has 0 aliphatic rings. The molecule has 9 heteroatoms. The quantitative estimate of drug-likeness (QED) is 0.275. The number of hydrogen-bond acceptors (Lipinski definition) is 4. The molecule has 0 unspecified atom stereocenters. The molecule has 2 N–H and O–H groups in total. The highest BCUT2D eigenvalue weighted by molar-refractivity contribution is 14.0. The van der Waals surface area contributed by atoms with Crippen LogP contribution in [-0.2, 0) is 6.54 Å². The van der Waals surface area contributed by atoms with Gasteiger partial charge in [-0.3, -0.25) is 4.99 Å². The van der Waals surface area contributed by atoms with E-state index in [0.29, 0.717) is 30.7 Å². The fourth-order valence-electron chi connectivity index (χ4n) is 2.00. The number of halogens is 3. The Morgan fingerprint density at radius 1 is 1.27 bits per heavy atom. The third-order valence-corrected chi connectivity index (χ3v) is 3.37. The van der Waals surface area contributed by atoms with Crippen LogP contribution in [0.3, 0.4) is 0 Å². The molecule has 0 atom stereocenters. The highest BCUT2D eigenvalue weighted by atomic mass is 127. The van der Waals surface area contributed by atoms with Crippen molar-refractivity contribution in [3.05, 3.63) is 47.4 Å². The second kappa shape index (κ2) is 10.9. The Morgan fingerprint density at radius 3 is 2.65 bits per heavy atom. The molecule has 0 radical (unpaired) electrons. The van der Waals surface area contributed by atoms with E-state index in [0.717, 1.165) is 17.8 Å². The van der Waals surface area contributed by atoms with Crippen molar-refractivity contribution in [1.82, 2.24) is 15.8 Å². The lowest BCUT2D eigenvalue weighted by Gasteiger charge is -2.12. The van der Waals surface area contributed by atoms with Crippen LogP contribution in [0.15, 0.2) is 33.8 Å². The van der Waals surface area contributed by atoms with Gasteiger partial charge in [-0.05, 0) is 18.1 Å². The van der Waals surface area contributed by atoms with Gasteiger partial charge in [-0.25, -0.2) is 8.78 Å². The average molecular weight is 480 g/mol. The van der Waals surface area contributed by atoms with Crippen molar-refractivity contribution in [1.29, 1.82) is 0 Å². The molecule has 0 spiro atoms. The average Bonchev–Trinajstić information content (AvgIpc) is 3.05. The van der Waals surface area contributed by atoms with Crippen LogP contribution < -0.4 is 15.4 Å². The van der Waals surface area contributed by atoms with Crippen molar-refractivity contribution in [3.63, 3.8) is 0 Å². The third-order valence-electron chi connectivity index (χ3n) is 3.37. The maximum absolute atomic E-state index is 13.4. The summed E-state index contributed by atoms with van der Waals surface area (Å²) in [4.78, 5) is 4.07. The smallest absolute Gasteiger partial charge is 0.191 e. The number of nitrogens with one attached hydrogen (secondary N) is 2. The zero-order valence-electron chi connectivity index (χ0n) is 14.9.